The second-order valence-electron chi connectivity index (χ2n) is 9.06. The highest BCUT2D eigenvalue weighted by Crippen LogP contribution is 2.15. The second kappa shape index (κ2) is 22.1. The van der Waals surface area contributed by atoms with Gasteiger partial charge in [0.2, 0.25) is 0 Å². The Balaban J connectivity index is 3.45. The average molecular weight is 443 g/mol. The highest BCUT2D eigenvalue weighted by Gasteiger charge is 2.12. The van der Waals surface area contributed by atoms with Crippen LogP contribution in [-0.2, 0) is 19.1 Å². The highest BCUT2D eigenvalue weighted by atomic mass is 16.6. The maximum absolute atomic E-state index is 11.8. The van der Waals surface area contributed by atoms with E-state index < -0.39 is 6.10 Å². The highest BCUT2D eigenvalue weighted by molar-refractivity contribution is 5.69. The summed E-state index contributed by atoms with van der Waals surface area (Å²) in [5, 5.41) is 9.81. The molecule has 0 aromatic carbocycles. The standard InChI is InChI=1S/C26H50O5/c1-4-6-7-12-16-19-25(28)30-21-24(27)22-31-26(29)20-17-14-11-9-8-10-13-15-18-23(3)5-2/h23-24,27H,4-22H2,1-3H3/t23?,24-/m1/s1. The monoisotopic (exact) mass is 442 g/mol. The lowest BCUT2D eigenvalue weighted by molar-refractivity contribution is -0.152. The van der Waals surface area contributed by atoms with Crippen LogP contribution in [0, 0.1) is 5.92 Å². The number of unbranched alkanes of at least 4 members (excludes halogenated alkanes) is 11. The molecule has 5 heteroatoms. The molecule has 0 spiro atoms. The van der Waals surface area contributed by atoms with Gasteiger partial charge in [-0.05, 0) is 18.8 Å². The van der Waals surface area contributed by atoms with Crippen LogP contribution in [-0.4, -0.2) is 36.4 Å². The van der Waals surface area contributed by atoms with Crippen molar-refractivity contribution >= 4 is 11.9 Å². The van der Waals surface area contributed by atoms with Crippen LogP contribution in [0.2, 0.25) is 0 Å². The van der Waals surface area contributed by atoms with Crippen molar-refractivity contribution in [1.29, 1.82) is 0 Å². The second-order valence-corrected chi connectivity index (χ2v) is 9.06. The van der Waals surface area contributed by atoms with E-state index in [-0.39, 0.29) is 25.2 Å². The maximum Gasteiger partial charge on any atom is 0.305 e. The number of hydrogen-bond donors (Lipinski definition) is 1. The minimum absolute atomic E-state index is 0.112. The Morgan fingerprint density at radius 1 is 0.677 bits per heavy atom. The molecule has 0 fully saturated rings. The fraction of sp³-hybridized carbons (Fsp3) is 0.923. The number of aliphatic hydroxyl groups excluding tert-OH is 1. The van der Waals surface area contributed by atoms with E-state index in [0.29, 0.717) is 12.8 Å². The third kappa shape index (κ3) is 21.9. The van der Waals surface area contributed by atoms with E-state index in [1.165, 1.54) is 57.8 Å². The molecule has 0 saturated heterocycles. The van der Waals surface area contributed by atoms with Crippen LogP contribution in [0.25, 0.3) is 0 Å². The van der Waals surface area contributed by atoms with Crippen LogP contribution in [0.5, 0.6) is 0 Å². The lowest BCUT2D eigenvalue weighted by atomic mass is 9.99. The number of rotatable bonds is 22. The first-order chi connectivity index (χ1) is 15.0. The first-order valence-electron chi connectivity index (χ1n) is 13.0. The van der Waals surface area contributed by atoms with Gasteiger partial charge in [0, 0.05) is 12.8 Å². The molecule has 0 aliphatic heterocycles. The van der Waals surface area contributed by atoms with Crippen molar-refractivity contribution in [2.45, 2.75) is 136 Å². The Hall–Kier alpha value is -1.10. The predicted octanol–water partition coefficient (Wildman–Crippen LogP) is 6.74. The molecule has 0 rings (SSSR count). The van der Waals surface area contributed by atoms with Crippen LogP contribution in [0.4, 0.5) is 0 Å². The summed E-state index contributed by atoms with van der Waals surface area (Å²) >= 11 is 0. The largest absolute Gasteiger partial charge is 0.463 e. The SMILES string of the molecule is CCCCCCCC(=O)OC[C@@H](O)COC(=O)CCCCCCCCCCC(C)CC. The molecular formula is C26H50O5. The van der Waals surface area contributed by atoms with Gasteiger partial charge in [0.1, 0.15) is 19.3 Å². The molecule has 0 bridgehead atoms. The summed E-state index contributed by atoms with van der Waals surface area (Å²) in [4.78, 5) is 23.4. The molecule has 0 aliphatic carbocycles. The zero-order chi connectivity index (χ0) is 23.2. The van der Waals surface area contributed by atoms with Crippen molar-refractivity contribution in [2.75, 3.05) is 13.2 Å². The lowest BCUT2D eigenvalue weighted by Crippen LogP contribution is -2.25. The van der Waals surface area contributed by atoms with Crippen LogP contribution in [0.3, 0.4) is 0 Å². The molecule has 31 heavy (non-hydrogen) atoms. The van der Waals surface area contributed by atoms with Gasteiger partial charge in [-0.15, -0.1) is 0 Å². The van der Waals surface area contributed by atoms with Gasteiger partial charge in [0.25, 0.3) is 0 Å². The summed E-state index contributed by atoms with van der Waals surface area (Å²) in [5.74, 6) is 0.282. The number of esters is 2. The summed E-state index contributed by atoms with van der Waals surface area (Å²) < 4.78 is 10.1. The van der Waals surface area contributed by atoms with E-state index in [0.717, 1.165) is 44.4 Å². The smallest absolute Gasteiger partial charge is 0.305 e. The van der Waals surface area contributed by atoms with E-state index >= 15 is 0 Å². The van der Waals surface area contributed by atoms with E-state index in [9.17, 15) is 14.7 Å². The topological polar surface area (TPSA) is 72.8 Å². The molecule has 0 radical (unpaired) electrons. The van der Waals surface area contributed by atoms with Crippen molar-refractivity contribution in [3.05, 3.63) is 0 Å². The van der Waals surface area contributed by atoms with Crippen molar-refractivity contribution in [3.63, 3.8) is 0 Å². The zero-order valence-electron chi connectivity index (χ0n) is 20.7. The minimum atomic E-state index is -0.951. The third-order valence-electron chi connectivity index (χ3n) is 5.88. The Morgan fingerprint density at radius 2 is 1.10 bits per heavy atom. The van der Waals surface area contributed by atoms with Gasteiger partial charge in [-0.1, -0.05) is 104 Å². The number of ether oxygens (including phenoxy) is 2. The molecule has 0 aromatic heterocycles. The minimum Gasteiger partial charge on any atom is -0.463 e. The molecule has 0 amide bonds. The molecule has 1 N–H and O–H groups in total. The van der Waals surface area contributed by atoms with E-state index in [4.69, 9.17) is 9.47 Å². The quantitative estimate of drug-likeness (QED) is 0.148. The maximum atomic E-state index is 11.8. The van der Waals surface area contributed by atoms with Crippen LogP contribution >= 0.6 is 0 Å². The Morgan fingerprint density at radius 3 is 1.55 bits per heavy atom. The average Bonchev–Trinajstić information content (AvgIpc) is 2.77. The van der Waals surface area contributed by atoms with Gasteiger partial charge >= 0.3 is 11.9 Å². The molecular weight excluding hydrogens is 392 g/mol. The van der Waals surface area contributed by atoms with E-state index in [1.807, 2.05) is 0 Å². The first kappa shape index (κ1) is 29.9. The first-order valence-corrected chi connectivity index (χ1v) is 13.0. The van der Waals surface area contributed by atoms with Gasteiger partial charge in [0.15, 0.2) is 0 Å². The van der Waals surface area contributed by atoms with Crippen molar-refractivity contribution < 1.29 is 24.2 Å². The predicted molar refractivity (Wildman–Crippen MR) is 127 cm³/mol. The lowest BCUT2D eigenvalue weighted by Gasteiger charge is -2.12. The third-order valence-corrected chi connectivity index (χ3v) is 5.88. The molecule has 5 nitrogen and oxygen atoms in total. The van der Waals surface area contributed by atoms with Gasteiger partial charge in [-0.25, -0.2) is 0 Å². The summed E-state index contributed by atoms with van der Waals surface area (Å²) in [5.41, 5.74) is 0. The van der Waals surface area contributed by atoms with Crippen molar-refractivity contribution in [1.82, 2.24) is 0 Å². The molecule has 1 unspecified atom stereocenters. The van der Waals surface area contributed by atoms with Crippen molar-refractivity contribution in [2.24, 2.45) is 5.92 Å². The number of carbonyl (C=O) groups is 2. The van der Waals surface area contributed by atoms with E-state index in [1.54, 1.807) is 0 Å². The fourth-order valence-electron chi connectivity index (χ4n) is 3.47. The van der Waals surface area contributed by atoms with Crippen LogP contribution in [0.1, 0.15) is 130 Å². The Labute approximate surface area is 191 Å². The van der Waals surface area contributed by atoms with Crippen LogP contribution in [0.15, 0.2) is 0 Å². The van der Waals surface area contributed by atoms with Crippen LogP contribution < -0.4 is 0 Å². The van der Waals surface area contributed by atoms with Gasteiger partial charge < -0.3 is 14.6 Å². The normalized spacial score (nSPS) is 13.0. The molecule has 0 saturated carbocycles. The number of aliphatic hydroxyl groups is 1. The van der Waals surface area contributed by atoms with Gasteiger partial charge in [-0.3, -0.25) is 9.59 Å². The summed E-state index contributed by atoms with van der Waals surface area (Å²) in [6.07, 6.45) is 17.4. The van der Waals surface area contributed by atoms with Gasteiger partial charge in [-0.2, -0.15) is 0 Å². The summed E-state index contributed by atoms with van der Waals surface area (Å²) in [6.45, 7) is 6.52. The van der Waals surface area contributed by atoms with Gasteiger partial charge in [0.05, 0.1) is 0 Å². The van der Waals surface area contributed by atoms with Crippen molar-refractivity contribution in [3.8, 4) is 0 Å². The summed E-state index contributed by atoms with van der Waals surface area (Å²) in [6, 6.07) is 0. The Kier molecular flexibility index (Phi) is 21.3. The number of carbonyl (C=O) groups excluding carboxylic acids is 2. The van der Waals surface area contributed by atoms with E-state index in [2.05, 4.69) is 20.8 Å². The molecule has 2 atom stereocenters. The molecule has 0 aromatic rings. The molecule has 0 aliphatic rings. The zero-order valence-corrected chi connectivity index (χ0v) is 20.7. The summed E-state index contributed by atoms with van der Waals surface area (Å²) in [7, 11) is 0. The fourth-order valence-corrected chi connectivity index (χ4v) is 3.47. The number of hydrogen-bond acceptors (Lipinski definition) is 5. The Bertz CT molecular complexity index is 424. The molecule has 0 heterocycles. The molecule has 184 valence electrons.